The van der Waals surface area contributed by atoms with Gasteiger partial charge in [-0.2, -0.15) is 0 Å². The van der Waals surface area contributed by atoms with Crippen LogP contribution in [0.1, 0.15) is 6.92 Å². The van der Waals surface area contributed by atoms with Crippen LogP contribution in [0.15, 0.2) is 34.1 Å². The van der Waals surface area contributed by atoms with Crippen LogP contribution in [0.4, 0.5) is 0 Å². The summed E-state index contributed by atoms with van der Waals surface area (Å²) in [6, 6.07) is 4.26. The molecule has 1 aromatic rings. The number of hydrogen-bond acceptors (Lipinski definition) is 6. The van der Waals surface area contributed by atoms with E-state index in [0.29, 0.717) is 0 Å². The maximum absolute atomic E-state index is 11.9. The fourth-order valence-corrected chi connectivity index (χ4v) is 3.97. The molecule has 7 nitrogen and oxygen atoms in total. The van der Waals surface area contributed by atoms with Gasteiger partial charge in [0.1, 0.15) is 0 Å². The first kappa shape index (κ1) is 18.4. The summed E-state index contributed by atoms with van der Waals surface area (Å²) in [4.78, 5) is -0.405. The van der Waals surface area contributed by atoms with Gasteiger partial charge in [0.25, 0.3) is 9.05 Å². The Hall–Kier alpha value is -0.680. The van der Waals surface area contributed by atoms with Crippen LogP contribution in [0.5, 0.6) is 0 Å². The van der Waals surface area contributed by atoms with Crippen LogP contribution < -0.4 is 4.72 Å². The highest BCUT2D eigenvalue weighted by atomic mass is 35.7. The molecule has 120 valence electrons. The second kappa shape index (κ2) is 6.61. The van der Waals surface area contributed by atoms with Crippen molar-refractivity contribution in [2.24, 2.45) is 0 Å². The highest BCUT2D eigenvalue weighted by Gasteiger charge is 2.17. The molecule has 0 saturated carbocycles. The number of sulfonamides is 1. The van der Waals surface area contributed by atoms with Crippen molar-refractivity contribution in [3.05, 3.63) is 24.3 Å². The molecule has 0 atom stereocenters. The van der Waals surface area contributed by atoms with Crippen molar-refractivity contribution >= 4 is 39.6 Å². The van der Waals surface area contributed by atoms with Crippen LogP contribution in [0.25, 0.3) is 0 Å². The van der Waals surface area contributed by atoms with Gasteiger partial charge in [0.15, 0.2) is 9.84 Å². The molecule has 0 bridgehead atoms. The van der Waals surface area contributed by atoms with Crippen molar-refractivity contribution in [3.63, 3.8) is 0 Å². The van der Waals surface area contributed by atoms with E-state index >= 15 is 0 Å². The molecule has 0 aromatic heterocycles. The molecule has 0 saturated heterocycles. The van der Waals surface area contributed by atoms with Gasteiger partial charge in [-0.25, -0.2) is 30.0 Å². The monoisotopic (exact) mass is 375 g/mol. The number of rotatable bonds is 7. The molecule has 0 aliphatic heterocycles. The summed E-state index contributed by atoms with van der Waals surface area (Å²) in [5.41, 5.74) is 0. The lowest BCUT2D eigenvalue weighted by atomic mass is 10.4. The molecule has 0 aliphatic rings. The van der Waals surface area contributed by atoms with E-state index in [1.165, 1.54) is 6.92 Å². The molecule has 0 spiro atoms. The van der Waals surface area contributed by atoms with E-state index < -0.39 is 28.9 Å². The molecule has 0 aliphatic carbocycles. The molecular weight excluding hydrogens is 362 g/mol. The normalized spacial score (nSPS) is 13.2. The summed E-state index contributed by atoms with van der Waals surface area (Å²) in [7, 11) is -5.99. The van der Waals surface area contributed by atoms with Crippen molar-refractivity contribution in [1.82, 2.24) is 4.72 Å². The highest BCUT2D eigenvalue weighted by molar-refractivity contribution is 8.13. The molecule has 0 fully saturated rings. The van der Waals surface area contributed by atoms with E-state index in [2.05, 4.69) is 4.72 Å². The molecular formula is C10H14ClNO6S3. The molecule has 0 heterocycles. The van der Waals surface area contributed by atoms with E-state index in [-0.39, 0.29) is 27.8 Å². The molecule has 11 heteroatoms. The minimum Gasteiger partial charge on any atom is -0.229 e. The van der Waals surface area contributed by atoms with Gasteiger partial charge in [0.2, 0.25) is 10.0 Å². The highest BCUT2D eigenvalue weighted by Crippen LogP contribution is 2.17. The molecule has 0 amide bonds. The zero-order valence-electron chi connectivity index (χ0n) is 11.0. The summed E-state index contributed by atoms with van der Waals surface area (Å²) >= 11 is 0. The Labute approximate surface area is 128 Å². The first-order chi connectivity index (χ1) is 9.48. The summed E-state index contributed by atoms with van der Waals surface area (Å²) in [5, 5.41) is 0. The molecule has 1 rings (SSSR count). The average Bonchev–Trinajstić information content (AvgIpc) is 2.37. The predicted octanol–water partition coefficient (Wildman–Crippen LogP) is 0.327. The van der Waals surface area contributed by atoms with Gasteiger partial charge in [-0.05, 0) is 24.3 Å². The van der Waals surface area contributed by atoms with Crippen molar-refractivity contribution < 1.29 is 25.3 Å². The standard InChI is InChI=1S/C10H14ClNO6S3/c1-2-19(13,14)8-7-12-21(17,18)10-5-3-9(4-6-10)20(11,15)16/h3-6,12H,2,7-8H2,1H3. The van der Waals surface area contributed by atoms with Crippen molar-refractivity contribution in [3.8, 4) is 0 Å². The Kier molecular flexibility index (Phi) is 5.78. The Morgan fingerprint density at radius 2 is 1.43 bits per heavy atom. The SMILES string of the molecule is CCS(=O)(=O)CCNS(=O)(=O)c1ccc(S(=O)(=O)Cl)cc1. The van der Waals surface area contributed by atoms with Crippen LogP contribution in [-0.4, -0.2) is 43.3 Å². The average molecular weight is 376 g/mol. The van der Waals surface area contributed by atoms with Gasteiger partial charge < -0.3 is 0 Å². The van der Waals surface area contributed by atoms with Crippen LogP contribution in [0, 0.1) is 0 Å². The molecule has 1 aromatic carbocycles. The van der Waals surface area contributed by atoms with E-state index in [1.54, 1.807) is 0 Å². The quantitative estimate of drug-likeness (QED) is 0.686. The number of halogens is 1. The van der Waals surface area contributed by atoms with Gasteiger partial charge in [-0.3, -0.25) is 0 Å². The van der Waals surface area contributed by atoms with Crippen LogP contribution >= 0.6 is 10.7 Å². The zero-order chi connectivity index (χ0) is 16.3. The van der Waals surface area contributed by atoms with Gasteiger partial charge >= 0.3 is 0 Å². The van der Waals surface area contributed by atoms with Crippen molar-refractivity contribution in [2.45, 2.75) is 16.7 Å². The Bertz CT molecular complexity index is 797. The maximum Gasteiger partial charge on any atom is 0.261 e. The van der Waals surface area contributed by atoms with Gasteiger partial charge in [0, 0.05) is 23.0 Å². The summed E-state index contributed by atoms with van der Waals surface area (Å²) in [6.07, 6.45) is 0. The van der Waals surface area contributed by atoms with Crippen LogP contribution in [-0.2, 0) is 28.9 Å². The van der Waals surface area contributed by atoms with Crippen LogP contribution in [0.2, 0.25) is 0 Å². The predicted molar refractivity (Wildman–Crippen MR) is 79.0 cm³/mol. The molecule has 0 unspecified atom stereocenters. The second-order valence-electron chi connectivity index (χ2n) is 4.04. The smallest absolute Gasteiger partial charge is 0.229 e. The third-order valence-electron chi connectivity index (χ3n) is 2.56. The largest absolute Gasteiger partial charge is 0.261 e. The van der Waals surface area contributed by atoms with E-state index in [0.717, 1.165) is 24.3 Å². The number of nitrogens with one attached hydrogen (secondary N) is 1. The van der Waals surface area contributed by atoms with Crippen molar-refractivity contribution in [1.29, 1.82) is 0 Å². The lowest BCUT2D eigenvalue weighted by Gasteiger charge is -2.07. The molecule has 0 radical (unpaired) electrons. The molecule has 1 N–H and O–H groups in total. The van der Waals surface area contributed by atoms with E-state index in [4.69, 9.17) is 10.7 Å². The second-order valence-corrected chi connectivity index (χ2v) is 10.8. The van der Waals surface area contributed by atoms with E-state index in [1.807, 2.05) is 0 Å². The third-order valence-corrected chi connectivity index (χ3v) is 7.11. The maximum atomic E-state index is 11.9. The first-order valence-corrected chi connectivity index (χ1v) is 11.3. The fraction of sp³-hybridized carbons (Fsp3) is 0.400. The van der Waals surface area contributed by atoms with Crippen LogP contribution in [0.3, 0.4) is 0 Å². The minimum atomic E-state index is -3.93. The minimum absolute atomic E-state index is 0.0724. The third kappa shape index (κ3) is 5.55. The fourth-order valence-electron chi connectivity index (χ4n) is 1.34. The summed E-state index contributed by atoms with van der Waals surface area (Å²) < 4.78 is 70.5. The van der Waals surface area contributed by atoms with Gasteiger partial charge in [0.05, 0.1) is 15.5 Å². The zero-order valence-corrected chi connectivity index (χ0v) is 14.2. The number of hydrogen-bond donors (Lipinski definition) is 1. The van der Waals surface area contributed by atoms with Crippen molar-refractivity contribution in [2.75, 3.05) is 18.1 Å². The lowest BCUT2D eigenvalue weighted by Crippen LogP contribution is -2.29. The summed E-state index contributed by atoms with van der Waals surface area (Å²) in [6.45, 7) is 1.21. The topological polar surface area (TPSA) is 114 Å². The molecule has 21 heavy (non-hydrogen) atoms. The summed E-state index contributed by atoms with van der Waals surface area (Å²) in [5.74, 6) is -0.381. The first-order valence-electron chi connectivity index (χ1n) is 5.73. The van der Waals surface area contributed by atoms with Gasteiger partial charge in [-0.15, -0.1) is 0 Å². The number of sulfone groups is 1. The Balaban J connectivity index is 2.85. The Morgan fingerprint density at radius 3 is 1.86 bits per heavy atom. The number of benzene rings is 1. The van der Waals surface area contributed by atoms with E-state index in [9.17, 15) is 25.3 Å². The lowest BCUT2D eigenvalue weighted by molar-refractivity contribution is 0.580. The Morgan fingerprint density at radius 1 is 0.952 bits per heavy atom. The van der Waals surface area contributed by atoms with Gasteiger partial charge in [-0.1, -0.05) is 6.92 Å².